The quantitative estimate of drug-likeness (QED) is 0.332. The Morgan fingerprint density at radius 2 is 1.55 bits per heavy atom. The molecule has 33 heavy (non-hydrogen) atoms. The Hall–Kier alpha value is -3.46. The van der Waals surface area contributed by atoms with E-state index in [2.05, 4.69) is 103 Å². The molecule has 0 atom stereocenters. The van der Waals surface area contributed by atoms with Gasteiger partial charge in [-0.1, -0.05) is 48.5 Å². The third-order valence-corrected chi connectivity index (χ3v) is 7.82. The van der Waals surface area contributed by atoms with Crippen LogP contribution in [0.4, 0.5) is 28.4 Å². The topological polar surface area (TPSA) is 6.48 Å². The van der Waals surface area contributed by atoms with E-state index in [-0.39, 0.29) is 6.71 Å². The van der Waals surface area contributed by atoms with Gasteiger partial charge in [-0.05, 0) is 96.5 Å². The highest BCUT2D eigenvalue weighted by Gasteiger charge is 2.43. The van der Waals surface area contributed by atoms with E-state index in [1.165, 1.54) is 75.2 Å². The van der Waals surface area contributed by atoms with Gasteiger partial charge in [0.15, 0.2) is 0 Å². The van der Waals surface area contributed by atoms with Crippen LogP contribution in [0.15, 0.2) is 78.9 Å². The molecule has 0 bridgehead atoms. The molecule has 160 valence electrons. The summed E-state index contributed by atoms with van der Waals surface area (Å²) in [4.78, 5) is 5.12. The fraction of sp³-hybridized carbons (Fsp3) is 0.200. The Kier molecular flexibility index (Phi) is 4.05. The summed E-state index contributed by atoms with van der Waals surface area (Å²) in [5.41, 5.74) is 15.4. The minimum atomic E-state index is 0.274. The van der Waals surface area contributed by atoms with Gasteiger partial charge in [-0.3, -0.25) is 0 Å². The van der Waals surface area contributed by atoms with Crippen LogP contribution in [0.5, 0.6) is 0 Å². The van der Waals surface area contributed by atoms with Crippen molar-refractivity contribution in [3.63, 3.8) is 0 Å². The Morgan fingerprint density at radius 1 is 0.727 bits per heavy atom. The maximum atomic E-state index is 2.64. The van der Waals surface area contributed by atoms with Crippen LogP contribution >= 0.6 is 0 Å². The van der Waals surface area contributed by atoms with Gasteiger partial charge in [-0.15, -0.1) is 0 Å². The zero-order chi connectivity index (χ0) is 22.1. The number of anilines is 5. The largest absolute Gasteiger partial charge is 0.342 e. The van der Waals surface area contributed by atoms with Crippen LogP contribution in [0.1, 0.15) is 29.5 Å². The predicted molar refractivity (Wildman–Crippen MR) is 142 cm³/mol. The summed E-state index contributed by atoms with van der Waals surface area (Å²) in [6.07, 6.45) is 3.68. The maximum absolute atomic E-state index is 2.64. The third-order valence-electron chi connectivity index (χ3n) is 7.82. The minimum Gasteiger partial charge on any atom is -0.342 e. The zero-order valence-electron chi connectivity index (χ0n) is 19.3. The van der Waals surface area contributed by atoms with Crippen molar-refractivity contribution < 1.29 is 0 Å². The first-order valence-electron chi connectivity index (χ1n) is 12.2. The van der Waals surface area contributed by atoms with E-state index in [4.69, 9.17) is 0 Å². The number of nitrogens with zero attached hydrogens (tertiary/aromatic N) is 2. The molecule has 0 saturated carbocycles. The second kappa shape index (κ2) is 7.02. The lowest BCUT2D eigenvalue weighted by Crippen LogP contribution is -2.62. The van der Waals surface area contributed by atoms with Crippen molar-refractivity contribution in [3.05, 3.63) is 95.6 Å². The van der Waals surface area contributed by atoms with Gasteiger partial charge in [0.25, 0.3) is 6.71 Å². The maximum Gasteiger partial charge on any atom is 0.252 e. The predicted octanol–water partition coefficient (Wildman–Crippen LogP) is 5.39. The second-order valence-electron chi connectivity index (χ2n) is 9.78. The van der Waals surface area contributed by atoms with Gasteiger partial charge in [0.1, 0.15) is 0 Å². The molecular formula is C30H27BN2. The molecule has 0 spiro atoms. The summed E-state index contributed by atoms with van der Waals surface area (Å²) in [7, 11) is 0. The molecule has 3 aliphatic heterocycles. The van der Waals surface area contributed by atoms with Gasteiger partial charge in [-0.25, -0.2) is 0 Å². The molecule has 0 saturated heterocycles. The molecule has 0 unspecified atom stereocenters. The van der Waals surface area contributed by atoms with E-state index in [1.807, 2.05) is 0 Å². The van der Waals surface area contributed by atoms with Crippen molar-refractivity contribution in [3.8, 4) is 0 Å². The Morgan fingerprint density at radius 3 is 2.42 bits per heavy atom. The average molecular weight is 426 g/mol. The van der Waals surface area contributed by atoms with Crippen LogP contribution in [0.25, 0.3) is 0 Å². The molecule has 2 nitrogen and oxygen atoms in total. The number of benzene rings is 4. The van der Waals surface area contributed by atoms with Gasteiger partial charge in [-0.2, -0.15) is 0 Å². The third kappa shape index (κ3) is 2.62. The first-order chi connectivity index (χ1) is 16.2. The van der Waals surface area contributed by atoms with Crippen LogP contribution in [0, 0.1) is 13.8 Å². The van der Waals surface area contributed by atoms with Crippen LogP contribution < -0.4 is 26.2 Å². The normalized spacial score (nSPS) is 15.5. The van der Waals surface area contributed by atoms with Crippen LogP contribution in [0.3, 0.4) is 0 Å². The van der Waals surface area contributed by atoms with E-state index in [0.717, 1.165) is 6.54 Å². The van der Waals surface area contributed by atoms with Crippen molar-refractivity contribution in [2.45, 2.75) is 33.1 Å². The highest BCUT2D eigenvalue weighted by atomic mass is 15.2. The fourth-order valence-electron chi connectivity index (χ4n) is 6.37. The van der Waals surface area contributed by atoms with E-state index >= 15 is 0 Å². The summed E-state index contributed by atoms with van der Waals surface area (Å²) in [6.45, 7) is 5.87. The lowest BCUT2D eigenvalue weighted by molar-refractivity contribution is 0.760. The highest BCUT2D eigenvalue weighted by Crippen LogP contribution is 2.43. The van der Waals surface area contributed by atoms with Gasteiger partial charge < -0.3 is 9.80 Å². The van der Waals surface area contributed by atoms with Crippen LogP contribution in [0.2, 0.25) is 0 Å². The molecule has 4 aromatic carbocycles. The van der Waals surface area contributed by atoms with Crippen LogP contribution in [-0.4, -0.2) is 13.3 Å². The molecule has 3 heteroatoms. The molecule has 3 heterocycles. The van der Waals surface area contributed by atoms with Crippen molar-refractivity contribution in [2.75, 3.05) is 16.3 Å². The molecule has 7 rings (SSSR count). The lowest BCUT2D eigenvalue weighted by atomic mass is 9.33. The fourth-order valence-corrected chi connectivity index (χ4v) is 6.37. The molecule has 4 aromatic rings. The SMILES string of the molecule is Cc1ccc2c(c1)N(c1ccccc1)c1cccc3c1B2c1ccc(C)c2c1N3CCCC2. The lowest BCUT2D eigenvalue weighted by Gasteiger charge is -2.44. The molecule has 0 amide bonds. The summed E-state index contributed by atoms with van der Waals surface area (Å²) in [6, 6.07) is 29.6. The number of hydrogen-bond acceptors (Lipinski definition) is 2. The summed E-state index contributed by atoms with van der Waals surface area (Å²) >= 11 is 0. The molecule has 0 aromatic heterocycles. The van der Waals surface area contributed by atoms with E-state index in [1.54, 1.807) is 5.56 Å². The Balaban J connectivity index is 1.59. The molecular weight excluding hydrogens is 399 g/mol. The molecule has 0 N–H and O–H groups in total. The monoisotopic (exact) mass is 426 g/mol. The van der Waals surface area contributed by atoms with Gasteiger partial charge in [0.2, 0.25) is 0 Å². The summed E-state index contributed by atoms with van der Waals surface area (Å²) in [5.74, 6) is 0. The number of rotatable bonds is 1. The molecule has 0 fully saturated rings. The van der Waals surface area contributed by atoms with E-state index in [0.29, 0.717) is 0 Å². The summed E-state index contributed by atoms with van der Waals surface area (Å²) in [5, 5.41) is 0. The van der Waals surface area contributed by atoms with Gasteiger partial charge >= 0.3 is 0 Å². The van der Waals surface area contributed by atoms with E-state index in [9.17, 15) is 0 Å². The smallest absolute Gasteiger partial charge is 0.252 e. The van der Waals surface area contributed by atoms with Crippen molar-refractivity contribution >= 4 is 51.5 Å². The number of fused-ring (bicyclic) bond motifs is 4. The molecule has 0 radical (unpaired) electrons. The average Bonchev–Trinajstić information content (AvgIpc) is 3.07. The van der Waals surface area contributed by atoms with Gasteiger partial charge in [0, 0.05) is 35.0 Å². The van der Waals surface area contributed by atoms with Crippen molar-refractivity contribution in [2.24, 2.45) is 0 Å². The van der Waals surface area contributed by atoms with Crippen molar-refractivity contribution in [1.29, 1.82) is 0 Å². The number of hydrogen-bond donors (Lipinski definition) is 0. The van der Waals surface area contributed by atoms with Gasteiger partial charge in [0.05, 0.1) is 0 Å². The molecule has 3 aliphatic rings. The van der Waals surface area contributed by atoms with Crippen molar-refractivity contribution in [1.82, 2.24) is 0 Å². The summed E-state index contributed by atoms with van der Waals surface area (Å²) < 4.78 is 0. The zero-order valence-corrected chi connectivity index (χ0v) is 19.3. The number of aryl methyl sites for hydroxylation is 2. The standard InChI is InChI=1S/C30H27BN2/c1-20-14-16-24-28(19-20)33(22-9-4-3-5-10-22)27-13-8-12-26-29(27)31(24)25-17-15-21(2)23-11-6-7-18-32(26)30(23)25/h3-5,8-10,12-17,19H,6-7,11,18H2,1-2H3. The first kappa shape index (κ1) is 19.1. The second-order valence-corrected chi connectivity index (χ2v) is 9.78. The highest BCUT2D eigenvalue weighted by molar-refractivity contribution is 7.00. The Labute approximate surface area is 196 Å². The number of para-hydroxylation sites is 1. The minimum absolute atomic E-state index is 0.274. The van der Waals surface area contributed by atoms with Crippen LogP contribution in [-0.2, 0) is 6.42 Å². The molecule has 0 aliphatic carbocycles. The van der Waals surface area contributed by atoms with E-state index < -0.39 is 0 Å². The first-order valence-corrected chi connectivity index (χ1v) is 12.2. The Bertz CT molecular complexity index is 1410.